The van der Waals surface area contributed by atoms with E-state index < -0.39 is 23.5 Å². The highest BCUT2D eigenvalue weighted by Crippen LogP contribution is 2.36. The number of rotatable bonds is 9. The van der Waals surface area contributed by atoms with Gasteiger partial charge in [0, 0.05) is 37.8 Å². The fourth-order valence-corrected chi connectivity index (χ4v) is 4.81. The second kappa shape index (κ2) is 12.2. The SMILES string of the molecule is CCOc1cc(CNC(=O)c2ccc(CN3C=C4C(=O)N(c5ccc(F)c(C(F)(F)F)c5)N=C4CC3)cc2)ccc1OC. The summed E-state index contributed by atoms with van der Waals surface area (Å²) in [6.07, 6.45) is -2.87. The van der Waals surface area contributed by atoms with Gasteiger partial charge in [-0.3, -0.25) is 9.59 Å². The fourth-order valence-electron chi connectivity index (χ4n) is 4.81. The van der Waals surface area contributed by atoms with Crippen LogP contribution < -0.4 is 19.8 Å². The first-order chi connectivity index (χ1) is 20.6. The van der Waals surface area contributed by atoms with Gasteiger partial charge in [-0.1, -0.05) is 18.2 Å². The number of hydrogen-bond donors (Lipinski definition) is 1. The minimum absolute atomic E-state index is 0.163. The predicted octanol–water partition coefficient (Wildman–Crippen LogP) is 5.67. The third kappa shape index (κ3) is 6.47. The summed E-state index contributed by atoms with van der Waals surface area (Å²) in [4.78, 5) is 27.7. The number of nitrogens with zero attached hydrogens (tertiary/aromatic N) is 3. The molecule has 8 nitrogen and oxygen atoms in total. The predicted molar refractivity (Wildman–Crippen MR) is 151 cm³/mol. The summed E-state index contributed by atoms with van der Waals surface area (Å²) in [5.41, 5.74) is 1.33. The molecule has 0 saturated heterocycles. The molecule has 1 N–H and O–H groups in total. The van der Waals surface area contributed by atoms with Crippen LogP contribution in [0.2, 0.25) is 0 Å². The van der Waals surface area contributed by atoms with Crippen molar-refractivity contribution in [1.82, 2.24) is 10.2 Å². The molecule has 2 aliphatic heterocycles. The molecule has 2 heterocycles. The van der Waals surface area contributed by atoms with Gasteiger partial charge in [-0.25, -0.2) is 4.39 Å². The van der Waals surface area contributed by atoms with Crippen molar-refractivity contribution in [2.24, 2.45) is 5.10 Å². The Morgan fingerprint density at radius 1 is 1.02 bits per heavy atom. The zero-order valence-electron chi connectivity index (χ0n) is 23.4. The van der Waals surface area contributed by atoms with Gasteiger partial charge in [-0.2, -0.15) is 23.3 Å². The zero-order valence-corrected chi connectivity index (χ0v) is 23.4. The first kappa shape index (κ1) is 29.6. The van der Waals surface area contributed by atoms with Crippen LogP contribution in [-0.4, -0.2) is 42.7 Å². The van der Waals surface area contributed by atoms with E-state index in [4.69, 9.17) is 9.47 Å². The van der Waals surface area contributed by atoms with Gasteiger partial charge in [0.05, 0.1) is 36.3 Å². The molecule has 0 radical (unpaired) electrons. The Hall–Kier alpha value is -4.87. The molecule has 0 bridgehead atoms. The van der Waals surface area contributed by atoms with Crippen molar-refractivity contribution in [2.75, 3.05) is 25.3 Å². The third-order valence-corrected chi connectivity index (χ3v) is 6.98. The van der Waals surface area contributed by atoms with E-state index in [-0.39, 0.29) is 17.2 Å². The van der Waals surface area contributed by atoms with Crippen LogP contribution in [-0.2, 0) is 24.1 Å². The summed E-state index contributed by atoms with van der Waals surface area (Å²) >= 11 is 0. The number of hydrogen-bond acceptors (Lipinski definition) is 6. The molecule has 0 fully saturated rings. The summed E-state index contributed by atoms with van der Waals surface area (Å²) in [7, 11) is 1.56. The number of fused-ring (bicyclic) bond motifs is 1. The maximum absolute atomic E-state index is 13.7. The number of nitrogens with one attached hydrogen (secondary N) is 1. The molecule has 43 heavy (non-hydrogen) atoms. The normalized spacial score (nSPS) is 14.7. The molecule has 0 atom stereocenters. The lowest BCUT2D eigenvalue weighted by Gasteiger charge is -2.25. The van der Waals surface area contributed by atoms with E-state index in [1.54, 1.807) is 31.5 Å². The Balaban J connectivity index is 1.21. The fraction of sp³-hybridized carbons (Fsp3) is 0.258. The number of anilines is 1. The van der Waals surface area contributed by atoms with Gasteiger partial charge < -0.3 is 19.7 Å². The van der Waals surface area contributed by atoms with Crippen LogP contribution in [0.3, 0.4) is 0 Å². The highest BCUT2D eigenvalue weighted by atomic mass is 19.4. The maximum atomic E-state index is 13.7. The van der Waals surface area contributed by atoms with Crippen LogP contribution in [0.25, 0.3) is 0 Å². The van der Waals surface area contributed by atoms with Gasteiger partial charge in [0.2, 0.25) is 0 Å². The lowest BCUT2D eigenvalue weighted by Crippen LogP contribution is -2.29. The van der Waals surface area contributed by atoms with Crippen molar-refractivity contribution in [2.45, 2.75) is 32.6 Å². The van der Waals surface area contributed by atoms with E-state index in [2.05, 4.69) is 10.4 Å². The largest absolute Gasteiger partial charge is 0.493 e. The highest BCUT2D eigenvalue weighted by Gasteiger charge is 2.38. The molecule has 224 valence electrons. The Kier molecular flexibility index (Phi) is 8.38. The first-order valence-electron chi connectivity index (χ1n) is 13.5. The average molecular weight is 597 g/mol. The molecule has 0 aliphatic carbocycles. The van der Waals surface area contributed by atoms with Crippen molar-refractivity contribution in [3.63, 3.8) is 0 Å². The van der Waals surface area contributed by atoms with Gasteiger partial charge in [0.25, 0.3) is 11.8 Å². The maximum Gasteiger partial charge on any atom is 0.419 e. The molecule has 3 aromatic carbocycles. The molecule has 2 aliphatic rings. The van der Waals surface area contributed by atoms with Gasteiger partial charge in [0.15, 0.2) is 11.5 Å². The van der Waals surface area contributed by atoms with E-state index >= 15 is 0 Å². The molecular weight excluding hydrogens is 568 g/mol. The second-order valence-corrected chi connectivity index (χ2v) is 9.89. The molecular formula is C31H28F4N4O4. The number of alkyl halides is 3. The topological polar surface area (TPSA) is 83.5 Å². The van der Waals surface area contributed by atoms with Crippen LogP contribution in [0.4, 0.5) is 23.2 Å². The molecule has 2 amide bonds. The van der Waals surface area contributed by atoms with Crippen molar-refractivity contribution in [3.8, 4) is 11.5 Å². The molecule has 0 unspecified atom stereocenters. The minimum Gasteiger partial charge on any atom is -0.493 e. The zero-order chi connectivity index (χ0) is 30.7. The van der Waals surface area contributed by atoms with Crippen molar-refractivity contribution < 1.29 is 36.6 Å². The van der Waals surface area contributed by atoms with Gasteiger partial charge in [-0.15, -0.1) is 0 Å². The number of methoxy groups -OCH3 is 1. The van der Waals surface area contributed by atoms with Crippen LogP contribution in [0, 0.1) is 5.82 Å². The number of benzene rings is 3. The van der Waals surface area contributed by atoms with E-state index in [0.29, 0.717) is 67.6 Å². The summed E-state index contributed by atoms with van der Waals surface area (Å²) in [5.74, 6) is -1.04. The number of amides is 2. The quantitative estimate of drug-likeness (QED) is 0.322. The number of hydrazone groups is 1. The Morgan fingerprint density at radius 3 is 2.47 bits per heavy atom. The van der Waals surface area contributed by atoms with Gasteiger partial charge in [0.1, 0.15) is 5.82 Å². The summed E-state index contributed by atoms with van der Waals surface area (Å²) < 4.78 is 64.1. The van der Waals surface area contributed by atoms with E-state index in [1.165, 1.54) is 0 Å². The Labute approximate surface area is 245 Å². The van der Waals surface area contributed by atoms with E-state index in [1.807, 2.05) is 36.1 Å². The Morgan fingerprint density at radius 2 is 1.77 bits per heavy atom. The van der Waals surface area contributed by atoms with E-state index in [0.717, 1.165) is 22.2 Å². The Bertz CT molecular complexity index is 1600. The lowest BCUT2D eigenvalue weighted by atomic mass is 10.0. The minimum atomic E-state index is -4.90. The van der Waals surface area contributed by atoms with Gasteiger partial charge >= 0.3 is 6.18 Å². The van der Waals surface area contributed by atoms with E-state index in [9.17, 15) is 27.2 Å². The number of halogens is 4. The number of carbonyl (C=O) groups excluding carboxylic acids is 2. The summed E-state index contributed by atoms with van der Waals surface area (Å²) in [6, 6.07) is 14.9. The molecule has 0 saturated carbocycles. The van der Waals surface area contributed by atoms with Crippen LogP contribution in [0.5, 0.6) is 11.5 Å². The highest BCUT2D eigenvalue weighted by molar-refractivity contribution is 6.30. The number of ether oxygens (including phenoxy) is 2. The van der Waals surface area contributed by atoms with Crippen LogP contribution in [0.1, 0.15) is 40.4 Å². The molecule has 12 heteroatoms. The third-order valence-electron chi connectivity index (χ3n) is 6.98. The standard InChI is InChI=1S/C31H28F4N4O4/c1-3-43-28-14-20(6-11-27(28)42-2)16-36-29(40)21-7-4-19(5-8-21)17-38-13-12-26-23(18-38)30(41)39(37-26)22-9-10-25(32)24(15-22)31(33,34)35/h4-11,14-15,18H,3,12-13,16-17H2,1-2H3,(H,36,40). The second-order valence-electron chi connectivity index (χ2n) is 9.89. The molecule has 5 rings (SSSR count). The van der Waals surface area contributed by atoms with Gasteiger partial charge in [-0.05, 0) is 60.5 Å². The first-order valence-corrected chi connectivity index (χ1v) is 13.5. The smallest absolute Gasteiger partial charge is 0.419 e. The summed E-state index contributed by atoms with van der Waals surface area (Å²) in [6.45, 7) is 3.62. The summed E-state index contributed by atoms with van der Waals surface area (Å²) in [5, 5.41) is 7.97. The molecule has 3 aromatic rings. The van der Waals surface area contributed by atoms with Crippen LogP contribution >= 0.6 is 0 Å². The average Bonchev–Trinajstić information content (AvgIpc) is 3.31. The number of carbonyl (C=O) groups is 2. The van der Waals surface area contributed by atoms with Crippen molar-refractivity contribution in [3.05, 3.63) is 101 Å². The molecule has 0 spiro atoms. The van der Waals surface area contributed by atoms with Crippen LogP contribution in [0.15, 0.2) is 77.5 Å². The molecule has 0 aromatic heterocycles. The monoisotopic (exact) mass is 596 g/mol. The van der Waals surface area contributed by atoms with Crippen molar-refractivity contribution in [1.29, 1.82) is 0 Å². The lowest BCUT2D eigenvalue weighted by molar-refractivity contribution is -0.140. The van der Waals surface area contributed by atoms with Crippen molar-refractivity contribution >= 4 is 23.2 Å².